The minimum atomic E-state index is 0.116. The SMILES string of the molecule is CCOCCC(Cl)Cc1ncccc1C. The van der Waals surface area contributed by atoms with Gasteiger partial charge < -0.3 is 4.74 Å². The van der Waals surface area contributed by atoms with Crippen LogP contribution in [0, 0.1) is 6.92 Å². The molecule has 84 valence electrons. The van der Waals surface area contributed by atoms with Gasteiger partial charge in [-0.05, 0) is 31.9 Å². The highest BCUT2D eigenvalue weighted by Crippen LogP contribution is 2.12. The summed E-state index contributed by atoms with van der Waals surface area (Å²) in [4.78, 5) is 4.32. The number of halogens is 1. The first kappa shape index (κ1) is 12.5. The minimum Gasteiger partial charge on any atom is -0.382 e. The summed E-state index contributed by atoms with van der Waals surface area (Å²) in [6.07, 6.45) is 3.52. The van der Waals surface area contributed by atoms with E-state index in [0.29, 0.717) is 0 Å². The van der Waals surface area contributed by atoms with Gasteiger partial charge >= 0.3 is 0 Å². The summed E-state index contributed by atoms with van der Waals surface area (Å²) < 4.78 is 5.27. The summed E-state index contributed by atoms with van der Waals surface area (Å²) in [5.74, 6) is 0. The maximum absolute atomic E-state index is 6.20. The van der Waals surface area contributed by atoms with Gasteiger partial charge in [0.1, 0.15) is 0 Å². The van der Waals surface area contributed by atoms with Gasteiger partial charge in [-0.2, -0.15) is 0 Å². The summed E-state index contributed by atoms with van der Waals surface area (Å²) in [6.45, 7) is 5.55. The van der Waals surface area contributed by atoms with Gasteiger partial charge in [-0.15, -0.1) is 11.6 Å². The summed E-state index contributed by atoms with van der Waals surface area (Å²) in [5, 5.41) is 0.116. The van der Waals surface area contributed by atoms with Crippen LogP contribution < -0.4 is 0 Å². The first-order valence-electron chi connectivity index (χ1n) is 5.36. The van der Waals surface area contributed by atoms with Crippen molar-refractivity contribution in [1.29, 1.82) is 0 Å². The van der Waals surface area contributed by atoms with Crippen LogP contribution >= 0.6 is 11.6 Å². The van der Waals surface area contributed by atoms with Crippen LogP contribution in [-0.2, 0) is 11.2 Å². The fraction of sp³-hybridized carbons (Fsp3) is 0.583. The minimum absolute atomic E-state index is 0.116. The molecule has 1 heterocycles. The van der Waals surface area contributed by atoms with Crippen molar-refractivity contribution in [1.82, 2.24) is 4.98 Å². The number of rotatable bonds is 6. The second kappa shape index (κ2) is 6.81. The van der Waals surface area contributed by atoms with Crippen LogP contribution in [0.4, 0.5) is 0 Å². The Kier molecular flexibility index (Phi) is 5.66. The van der Waals surface area contributed by atoms with Crippen LogP contribution in [0.3, 0.4) is 0 Å². The summed E-state index contributed by atoms with van der Waals surface area (Å²) >= 11 is 6.20. The first-order valence-corrected chi connectivity index (χ1v) is 5.80. The molecule has 15 heavy (non-hydrogen) atoms. The zero-order valence-electron chi connectivity index (χ0n) is 9.37. The van der Waals surface area contributed by atoms with Crippen LogP contribution in [0.25, 0.3) is 0 Å². The Hall–Kier alpha value is -0.600. The van der Waals surface area contributed by atoms with Gasteiger partial charge in [-0.25, -0.2) is 0 Å². The Labute approximate surface area is 96.6 Å². The van der Waals surface area contributed by atoms with Crippen LogP contribution in [0.5, 0.6) is 0 Å². The van der Waals surface area contributed by atoms with Crippen LogP contribution in [0.15, 0.2) is 18.3 Å². The van der Waals surface area contributed by atoms with E-state index < -0.39 is 0 Å². The van der Waals surface area contributed by atoms with Crippen molar-refractivity contribution in [2.24, 2.45) is 0 Å². The Balaban J connectivity index is 2.37. The van der Waals surface area contributed by atoms with Crippen LogP contribution in [-0.4, -0.2) is 23.6 Å². The molecule has 0 bridgehead atoms. The van der Waals surface area contributed by atoms with Gasteiger partial charge in [0.05, 0.1) is 0 Å². The molecular weight excluding hydrogens is 210 g/mol. The van der Waals surface area contributed by atoms with Gasteiger partial charge in [-0.1, -0.05) is 6.07 Å². The molecule has 1 atom stereocenters. The number of ether oxygens (including phenoxy) is 1. The number of aromatic nitrogens is 1. The molecule has 0 aromatic carbocycles. The third-order valence-corrected chi connectivity index (χ3v) is 2.68. The van der Waals surface area contributed by atoms with Crippen molar-refractivity contribution in [3.63, 3.8) is 0 Å². The molecule has 0 amide bonds. The number of alkyl halides is 1. The van der Waals surface area contributed by atoms with Crippen LogP contribution in [0.1, 0.15) is 24.6 Å². The van der Waals surface area contributed by atoms with Crippen molar-refractivity contribution in [3.05, 3.63) is 29.6 Å². The number of hydrogen-bond donors (Lipinski definition) is 0. The second-order valence-corrected chi connectivity index (χ2v) is 4.17. The molecule has 0 aliphatic heterocycles. The lowest BCUT2D eigenvalue weighted by Gasteiger charge is -2.10. The maximum atomic E-state index is 6.20. The first-order chi connectivity index (χ1) is 7.24. The van der Waals surface area contributed by atoms with Gasteiger partial charge in [0.2, 0.25) is 0 Å². The van der Waals surface area contributed by atoms with Crippen molar-refractivity contribution in [2.75, 3.05) is 13.2 Å². The summed E-state index contributed by atoms with van der Waals surface area (Å²) in [7, 11) is 0. The van der Waals surface area contributed by atoms with Crippen molar-refractivity contribution in [2.45, 2.75) is 32.1 Å². The molecule has 2 nitrogen and oxygen atoms in total. The third kappa shape index (κ3) is 4.63. The predicted octanol–water partition coefficient (Wildman–Crippen LogP) is 2.97. The van der Waals surface area contributed by atoms with Crippen molar-refractivity contribution >= 4 is 11.6 Å². The third-order valence-electron chi connectivity index (χ3n) is 2.31. The zero-order valence-corrected chi connectivity index (χ0v) is 10.1. The van der Waals surface area contributed by atoms with E-state index >= 15 is 0 Å². The van der Waals surface area contributed by atoms with E-state index in [1.165, 1.54) is 5.56 Å². The standard InChI is InChI=1S/C12H18ClNO/c1-3-15-8-6-11(13)9-12-10(2)5-4-7-14-12/h4-5,7,11H,3,6,8-9H2,1-2H3. The monoisotopic (exact) mass is 227 g/mol. The highest BCUT2D eigenvalue weighted by atomic mass is 35.5. The van der Waals surface area contributed by atoms with E-state index in [1.54, 1.807) is 0 Å². The van der Waals surface area contributed by atoms with Gasteiger partial charge in [0.25, 0.3) is 0 Å². The quantitative estimate of drug-likeness (QED) is 0.551. The molecule has 0 saturated heterocycles. The molecule has 0 radical (unpaired) electrons. The van der Waals surface area contributed by atoms with E-state index in [4.69, 9.17) is 16.3 Å². The average molecular weight is 228 g/mol. The lowest BCUT2D eigenvalue weighted by Crippen LogP contribution is -2.09. The highest BCUT2D eigenvalue weighted by molar-refractivity contribution is 6.20. The molecule has 0 saturated carbocycles. The van der Waals surface area contributed by atoms with Crippen LogP contribution in [0.2, 0.25) is 0 Å². The largest absolute Gasteiger partial charge is 0.382 e. The second-order valence-electron chi connectivity index (χ2n) is 3.55. The Morgan fingerprint density at radius 2 is 2.33 bits per heavy atom. The van der Waals surface area contributed by atoms with E-state index in [0.717, 1.165) is 31.7 Å². The molecule has 3 heteroatoms. The molecule has 1 aromatic heterocycles. The molecule has 1 unspecified atom stereocenters. The Morgan fingerprint density at radius 3 is 3.00 bits per heavy atom. The summed E-state index contributed by atoms with van der Waals surface area (Å²) in [6, 6.07) is 4.01. The number of nitrogens with zero attached hydrogens (tertiary/aromatic N) is 1. The molecular formula is C12H18ClNO. The van der Waals surface area contributed by atoms with E-state index in [1.807, 2.05) is 19.2 Å². The smallest absolute Gasteiger partial charge is 0.0480 e. The molecule has 0 spiro atoms. The van der Waals surface area contributed by atoms with Gasteiger partial charge in [0.15, 0.2) is 0 Å². The molecule has 0 aliphatic carbocycles. The normalized spacial score (nSPS) is 12.7. The summed E-state index contributed by atoms with van der Waals surface area (Å²) in [5.41, 5.74) is 2.30. The van der Waals surface area contributed by atoms with E-state index in [-0.39, 0.29) is 5.38 Å². The van der Waals surface area contributed by atoms with Crippen molar-refractivity contribution < 1.29 is 4.74 Å². The number of hydrogen-bond acceptors (Lipinski definition) is 2. The Bertz CT molecular complexity index is 291. The van der Waals surface area contributed by atoms with E-state index in [9.17, 15) is 0 Å². The average Bonchev–Trinajstić information content (AvgIpc) is 2.22. The fourth-order valence-electron chi connectivity index (χ4n) is 1.40. The molecule has 0 aliphatic rings. The lowest BCUT2D eigenvalue weighted by atomic mass is 10.1. The molecule has 0 N–H and O–H groups in total. The van der Waals surface area contributed by atoms with Gasteiger partial charge in [0, 0.05) is 36.9 Å². The lowest BCUT2D eigenvalue weighted by molar-refractivity contribution is 0.144. The Morgan fingerprint density at radius 1 is 1.53 bits per heavy atom. The van der Waals surface area contributed by atoms with Crippen molar-refractivity contribution in [3.8, 4) is 0 Å². The molecule has 1 aromatic rings. The number of aryl methyl sites for hydroxylation is 1. The fourth-order valence-corrected chi connectivity index (χ4v) is 1.63. The number of pyridine rings is 1. The van der Waals surface area contributed by atoms with Gasteiger partial charge in [-0.3, -0.25) is 4.98 Å². The maximum Gasteiger partial charge on any atom is 0.0480 e. The highest BCUT2D eigenvalue weighted by Gasteiger charge is 2.08. The van der Waals surface area contributed by atoms with E-state index in [2.05, 4.69) is 18.0 Å². The molecule has 1 rings (SSSR count). The predicted molar refractivity (Wildman–Crippen MR) is 63.4 cm³/mol. The molecule has 0 fully saturated rings. The zero-order chi connectivity index (χ0) is 11.1. The topological polar surface area (TPSA) is 22.1 Å².